The molecule has 0 spiro atoms. The van der Waals surface area contributed by atoms with Crippen molar-refractivity contribution >= 4 is 11.7 Å². The molecule has 0 bridgehead atoms. The zero-order valence-corrected chi connectivity index (χ0v) is 8.25. The number of non-ortho nitro benzene ring substituents is 1. The van der Waals surface area contributed by atoms with Crippen molar-refractivity contribution in [3.05, 3.63) is 33.9 Å². The maximum Gasteiger partial charge on any atom is 0.311 e. The van der Waals surface area contributed by atoms with Gasteiger partial charge in [0.05, 0.1) is 17.4 Å². The largest absolute Gasteiger partial charge is 0.493 e. The number of nitro benzene ring substituents is 1. The summed E-state index contributed by atoms with van der Waals surface area (Å²) in [5, 5.41) is 19.6. The first-order chi connectivity index (χ1) is 7.59. The van der Waals surface area contributed by atoms with E-state index in [2.05, 4.69) is 0 Å². The molecular formula is C10H9NO5. The van der Waals surface area contributed by atoms with Gasteiger partial charge in [0, 0.05) is 17.7 Å². The van der Waals surface area contributed by atoms with Crippen molar-refractivity contribution in [3.63, 3.8) is 0 Å². The summed E-state index contributed by atoms with van der Waals surface area (Å²) in [7, 11) is 0. The first-order valence-corrected chi connectivity index (χ1v) is 4.73. The third-order valence-electron chi connectivity index (χ3n) is 2.54. The van der Waals surface area contributed by atoms with Crippen LogP contribution in [0, 0.1) is 10.1 Å². The first-order valence-electron chi connectivity index (χ1n) is 4.73. The summed E-state index contributed by atoms with van der Waals surface area (Å²) in [5.74, 6) is -1.28. The Balaban J connectivity index is 2.48. The number of ether oxygens (including phenoxy) is 1. The normalized spacial score (nSPS) is 18.4. The third-order valence-corrected chi connectivity index (χ3v) is 2.54. The summed E-state index contributed by atoms with van der Waals surface area (Å²) in [4.78, 5) is 21.0. The van der Waals surface area contributed by atoms with E-state index in [0.29, 0.717) is 24.3 Å². The summed E-state index contributed by atoms with van der Waals surface area (Å²) >= 11 is 0. The van der Waals surface area contributed by atoms with E-state index in [1.54, 1.807) is 0 Å². The van der Waals surface area contributed by atoms with Crippen LogP contribution in [0.1, 0.15) is 17.9 Å². The van der Waals surface area contributed by atoms with Crippen LogP contribution in [0.5, 0.6) is 5.75 Å². The number of fused-ring (bicyclic) bond motifs is 1. The highest BCUT2D eigenvalue weighted by molar-refractivity contribution is 5.78. The number of hydrogen-bond acceptors (Lipinski definition) is 4. The molecule has 1 aliphatic heterocycles. The topological polar surface area (TPSA) is 89.7 Å². The molecule has 0 fully saturated rings. The minimum absolute atomic E-state index is 0.115. The molecule has 1 unspecified atom stereocenters. The molecule has 1 aromatic rings. The zero-order chi connectivity index (χ0) is 11.7. The number of hydrogen-bond donors (Lipinski definition) is 1. The van der Waals surface area contributed by atoms with Crippen LogP contribution < -0.4 is 4.74 Å². The van der Waals surface area contributed by atoms with Gasteiger partial charge < -0.3 is 9.84 Å². The Morgan fingerprint density at radius 3 is 2.94 bits per heavy atom. The van der Waals surface area contributed by atoms with Crippen LogP contribution in [0.4, 0.5) is 5.69 Å². The van der Waals surface area contributed by atoms with E-state index in [-0.39, 0.29) is 5.69 Å². The molecule has 6 nitrogen and oxygen atoms in total. The smallest absolute Gasteiger partial charge is 0.311 e. The van der Waals surface area contributed by atoms with Gasteiger partial charge in [0.15, 0.2) is 0 Å². The molecule has 16 heavy (non-hydrogen) atoms. The SMILES string of the molecule is O=C(O)C1CCOc2ccc([N+](=O)[O-])cc21. The van der Waals surface area contributed by atoms with Crippen LogP contribution in [-0.4, -0.2) is 22.6 Å². The fraction of sp³-hybridized carbons (Fsp3) is 0.300. The molecular weight excluding hydrogens is 214 g/mol. The van der Waals surface area contributed by atoms with Gasteiger partial charge in [-0.1, -0.05) is 0 Å². The molecule has 1 heterocycles. The van der Waals surface area contributed by atoms with Gasteiger partial charge in [-0.25, -0.2) is 0 Å². The highest BCUT2D eigenvalue weighted by Gasteiger charge is 2.29. The Bertz CT molecular complexity index is 457. The fourth-order valence-electron chi connectivity index (χ4n) is 1.75. The second kappa shape index (κ2) is 3.80. The molecule has 0 aliphatic carbocycles. The van der Waals surface area contributed by atoms with Crippen molar-refractivity contribution in [1.82, 2.24) is 0 Å². The maximum atomic E-state index is 11.0. The number of carboxylic acid groups (broad SMARTS) is 1. The van der Waals surface area contributed by atoms with E-state index in [4.69, 9.17) is 9.84 Å². The molecule has 0 saturated heterocycles. The zero-order valence-electron chi connectivity index (χ0n) is 8.25. The van der Waals surface area contributed by atoms with Crippen LogP contribution in [0.15, 0.2) is 18.2 Å². The fourth-order valence-corrected chi connectivity index (χ4v) is 1.75. The molecule has 1 N–H and O–H groups in total. The molecule has 6 heteroatoms. The summed E-state index contributed by atoms with van der Waals surface area (Å²) in [6.07, 6.45) is 0.337. The number of carbonyl (C=O) groups is 1. The molecule has 1 aliphatic rings. The van der Waals surface area contributed by atoms with Crippen LogP contribution in [0.2, 0.25) is 0 Å². The summed E-state index contributed by atoms with van der Waals surface area (Å²) in [6, 6.07) is 4.03. The lowest BCUT2D eigenvalue weighted by Crippen LogP contribution is -2.20. The molecule has 0 amide bonds. The lowest BCUT2D eigenvalue weighted by molar-refractivity contribution is -0.385. The van der Waals surface area contributed by atoms with Crippen molar-refractivity contribution in [2.45, 2.75) is 12.3 Å². The van der Waals surface area contributed by atoms with Crippen LogP contribution in [0.25, 0.3) is 0 Å². The van der Waals surface area contributed by atoms with Crippen LogP contribution >= 0.6 is 0 Å². The Labute approximate surface area is 90.6 Å². The summed E-state index contributed by atoms with van der Waals surface area (Å²) in [6.45, 7) is 0.321. The number of rotatable bonds is 2. The summed E-state index contributed by atoms with van der Waals surface area (Å²) < 4.78 is 5.25. The Kier molecular flexibility index (Phi) is 2.47. The van der Waals surface area contributed by atoms with E-state index >= 15 is 0 Å². The van der Waals surface area contributed by atoms with Gasteiger partial charge in [-0.3, -0.25) is 14.9 Å². The predicted molar refractivity (Wildman–Crippen MR) is 53.6 cm³/mol. The highest BCUT2D eigenvalue weighted by atomic mass is 16.6. The number of nitrogens with zero attached hydrogens (tertiary/aromatic N) is 1. The molecule has 84 valence electrons. The van der Waals surface area contributed by atoms with Crippen molar-refractivity contribution in [2.75, 3.05) is 6.61 Å². The second-order valence-corrected chi connectivity index (χ2v) is 3.51. The van der Waals surface area contributed by atoms with Gasteiger partial charge in [-0.05, 0) is 12.5 Å². The molecule has 1 aromatic carbocycles. The number of nitro groups is 1. The van der Waals surface area contributed by atoms with Crippen molar-refractivity contribution < 1.29 is 19.6 Å². The highest BCUT2D eigenvalue weighted by Crippen LogP contribution is 2.36. The number of carboxylic acids is 1. The average molecular weight is 223 g/mol. The Hall–Kier alpha value is -2.11. The monoisotopic (exact) mass is 223 g/mol. The average Bonchev–Trinajstić information content (AvgIpc) is 2.27. The lowest BCUT2D eigenvalue weighted by Gasteiger charge is -2.22. The van der Waals surface area contributed by atoms with Gasteiger partial charge in [0.25, 0.3) is 5.69 Å². The van der Waals surface area contributed by atoms with Gasteiger partial charge >= 0.3 is 5.97 Å². The van der Waals surface area contributed by atoms with E-state index in [1.165, 1.54) is 18.2 Å². The quantitative estimate of drug-likeness (QED) is 0.606. The van der Waals surface area contributed by atoms with E-state index in [0.717, 1.165) is 0 Å². The van der Waals surface area contributed by atoms with Crippen molar-refractivity contribution in [3.8, 4) is 5.75 Å². The molecule has 0 aromatic heterocycles. The Morgan fingerprint density at radius 1 is 1.56 bits per heavy atom. The Morgan fingerprint density at radius 2 is 2.31 bits per heavy atom. The van der Waals surface area contributed by atoms with Gasteiger partial charge in [-0.2, -0.15) is 0 Å². The molecule has 1 atom stereocenters. The number of benzene rings is 1. The standard InChI is InChI=1S/C10H9NO5/c12-10(13)7-3-4-16-9-2-1-6(11(14)15)5-8(7)9/h1-2,5,7H,3-4H2,(H,12,13). The molecule has 0 radical (unpaired) electrons. The van der Waals surface area contributed by atoms with Crippen molar-refractivity contribution in [1.29, 1.82) is 0 Å². The third kappa shape index (κ3) is 1.69. The van der Waals surface area contributed by atoms with Gasteiger partial charge in [0.2, 0.25) is 0 Å². The van der Waals surface area contributed by atoms with E-state index in [1.807, 2.05) is 0 Å². The minimum atomic E-state index is -0.981. The minimum Gasteiger partial charge on any atom is -0.493 e. The van der Waals surface area contributed by atoms with Crippen LogP contribution in [-0.2, 0) is 4.79 Å². The molecule has 2 rings (SSSR count). The lowest BCUT2D eigenvalue weighted by atomic mass is 9.93. The van der Waals surface area contributed by atoms with Crippen LogP contribution in [0.3, 0.4) is 0 Å². The van der Waals surface area contributed by atoms with E-state index < -0.39 is 16.8 Å². The van der Waals surface area contributed by atoms with Gasteiger partial charge in [0.1, 0.15) is 5.75 Å². The summed E-state index contributed by atoms with van der Waals surface area (Å²) in [5.41, 5.74) is 0.267. The van der Waals surface area contributed by atoms with Crippen molar-refractivity contribution in [2.24, 2.45) is 0 Å². The second-order valence-electron chi connectivity index (χ2n) is 3.51. The predicted octanol–water partition coefficient (Wildman–Crippen LogP) is 1.55. The van der Waals surface area contributed by atoms with Gasteiger partial charge in [-0.15, -0.1) is 0 Å². The number of aliphatic carboxylic acids is 1. The maximum absolute atomic E-state index is 11.0. The first kappa shape index (κ1) is 10.4. The molecule has 0 saturated carbocycles. The van der Waals surface area contributed by atoms with E-state index in [9.17, 15) is 14.9 Å².